The summed E-state index contributed by atoms with van der Waals surface area (Å²) < 4.78 is 7.32. The van der Waals surface area contributed by atoms with E-state index in [2.05, 4.69) is 24.9 Å². The Hall–Kier alpha value is -4.42. The van der Waals surface area contributed by atoms with Gasteiger partial charge >= 0.3 is 0 Å². The van der Waals surface area contributed by atoms with E-state index in [0.29, 0.717) is 29.1 Å². The van der Waals surface area contributed by atoms with Gasteiger partial charge in [-0.15, -0.1) is 0 Å². The number of benzene rings is 3. The van der Waals surface area contributed by atoms with Crippen LogP contribution in [-0.2, 0) is 6.42 Å². The number of nitrogens with zero attached hydrogens (tertiary/aromatic N) is 3. The summed E-state index contributed by atoms with van der Waals surface area (Å²) in [6.07, 6.45) is 3.15. The van der Waals surface area contributed by atoms with Crippen LogP contribution >= 0.6 is 11.6 Å². The van der Waals surface area contributed by atoms with Gasteiger partial charge in [0.05, 0.1) is 23.9 Å². The molecule has 0 radical (unpaired) electrons. The average Bonchev–Trinajstić information content (AvgIpc) is 3.53. The number of ether oxygens (including phenoxy) is 1. The number of ketones is 1. The number of nitrogens with one attached hydrogen (secondary N) is 1. The maximum atomic E-state index is 13.9. The van der Waals surface area contributed by atoms with Crippen molar-refractivity contribution in [3.05, 3.63) is 95.3 Å². The molecule has 0 amide bonds. The van der Waals surface area contributed by atoms with Crippen molar-refractivity contribution < 1.29 is 9.53 Å². The molecule has 0 atom stereocenters. The second-order valence-corrected chi connectivity index (χ2v) is 11.6. The number of methoxy groups -OCH3 is 1. The first-order chi connectivity index (χ1) is 19.3. The van der Waals surface area contributed by atoms with Gasteiger partial charge in [0.25, 0.3) is 0 Å². The molecule has 40 heavy (non-hydrogen) atoms. The lowest BCUT2D eigenvalue weighted by atomic mass is 9.73. The minimum Gasteiger partial charge on any atom is -0.497 e. The Morgan fingerprint density at radius 1 is 0.950 bits per heavy atom. The van der Waals surface area contributed by atoms with Gasteiger partial charge in [-0.3, -0.25) is 4.79 Å². The number of rotatable bonds is 4. The Morgan fingerprint density at radius 3 is 2.45 bits per heavy atom. The first-order valence-corrected chi connectivity index (χ1v) is 13.7. The molecule has 0 unspecified atom stereocenters. The highest BCUT2D eigenvalue weighted by Crippen LogP contribution is 2.45. The van der Waals surface area contributed by atoms with Gasteiger partial charge in [-0.1, -0.05) is 55.8 Å². The number of halogens is 1. The van der Waals surface area contributed by atoms with Crippen LogP contribution in [0.15, 0.2) is 79.0 Å². The summed E-state index contributed by atoms with van der Waals surface area (Å²) in [5.74, 6) is 0.861. The zero-order valence-electron chi connectivity index (χ0n) is 22.5. The number of carbonyl (C=O) groups is 1. The molecule has 6 nitrogen and oxygen atoms in total. The number of para-hydroxylation sites is 1. The van der Waals surface area contributed by atoms with E-state index in [9.17, 15) is 4.79 Å². The van der Waals surface area contributed by atoms with Crippen LogP contribution < -0.4 is 4.74 Å². The molecule has 6 aromatic rings. The lowest BCUT2D eigenvalue weighted by Gasteiger charge is -2.31. The fourth-order valence-corrected chi connectivity index (χ4v) is 6.05. The standard InChI is InChI=1S/C33H27ClN4O2/c1-33(2)16-26-29(27(39)17-33)28(19-8-14-22(40-3)15-9-19)30-31(24-18-35-25-7-5-4-6-23(24)25)37-38(32(30)36-26)21-12-10-20(34)11-13-21/h4-15,18,35H,16-17H2,1-3H3. The van der Waals surface area contributed by atoms with Crippen molar-refractivity contribution in [2.24, 2.45) is 5.41 Å². The highest BCUT2D eigenvalue weighted by Gasteiger charge is 2.36. The molecule has 0 saturated heterocycles. The predicted octanol–water partition coefficient (Wildman–Crippen LogP) is 8.05. The third-order valence-electron chi connectivity index (χ3n) is 7.75. The number of Topliss-reactive ketones (excluding diaryl/α,β-unsaturated/α-hetero) is 1. The van der Waals surface area contributed by atoms with Crippen LogP contribution in [0.5, 0.6) is 5.75 Å². The summed E-state index contributed by atoms with van der Waals surface area (Å²) in [5, 5.41) is 7.73. The normalized spacial score (nSPS) is 14.6. The van der Waals surface area contributed by atoms with Crippen molar-refractivity contribution in [2.45, 2.75) is 26.7 Å². The van der Waals surface area contributed by atoms with E-state index in [1.165, 1.54) is 0 Å². The number of hydrogen-bond donors (Lipinski definition) is 1. The Bertz CT molecular complexity index is 1930. The third-order valence-corrected chi connectivity index (χ3v) is 8.00. The summed E-state index contributed by atoms with van der Waals surface area (Å²) >= 11 is 6.24. The van der Waals surface area contributed by atoms with Crippen molar-refractivity contribution in [3.63, 3.8) is 0 Å². The number of hydrogen-bond acceptors (Lipinski definition) is 4. The van der Waals surface area contributed by atoms with Crippen LogP contribution in [0.25, 0.3) is 50.0 Å². The molecule has 1 N–H and O–H groups in total. The topological polar surface area (TPSA) is 72.8 Å². The van der Waals surface area contributed by atoms with Crippen molar-refractivity contribution in [3.8, 4) is 33.8 Å². The fraction of sp³-hybridized carbons (Fsp3) is 0.182. The first kappa shape index (κ1) is 24.6. The second kappa shape index (κ2) is 9.07. The van der Waals surface area contributed by atoms with E-state index in [1.54, 1.807) is 7.11 Å². The lowest BCUT2D eigenvalue weighted by Crippen LogP contribution is -2.28. The molecule has 198 valence electrons. The van der Waals surface area contributed by atoms with Gasteiger partial charge in [-0.2, -0.15) is 5.10 Å². The minimum absolute atomic E-state index is 0.107. The van der Waals surface area contributed by atoms with Gasteiger partial charge in [-0.25, -0.2) is 9.67 Å². The highest BCUT2D eigenvalue weighted by molar-refractivity contribution is 6.30. The lowest BCUT2D eigenvalue weighted by molar-refractivity contribution is 0.0911. The molecule has 3 aromatic heterocycles. The molecular formula is C33H27ClN4O2. The summed E-state index contributed by atoms with van der Waals surface area (Å²) in [6.45, 7) is 4.25. The smallest absolute Gasteiger partial charge is 0.165 e. The van der Waals surface area contributed by atoms with Crippen LogP contribution in [0.1, 0.15) is 36.3 Å². The molecule has 0 fully saturated rings. The van der Waals surface area contributed by atoms with Crippen molar-refractivity contribution in [2.75, 3.05) is 7.11 Å². The molecule has 0 bridgehead atoms. The molecule has 3 heterocycles. The first-order valence-electron chi connectivity index (χ1n) is 13.3. The van der Waals surface area contributed by atoms with Crippen LogP contribution in [0.2, 0.25) is 5.02 Å². The molecule has 3 aromatic carbocycles. The van der Waals surface area contributed by atoms with Crippen LogP contribution in [0, 0.1) is 5.41 Å². The van der Waals surface area contributed by atoms with E-state index in [4.69, 9.17) is 26.4 Å². The van der Waals surface area contributed by atoms with Crippen molar-refractivity contribution in [1.82, 2.24) is 19.7 Å². The number of aromatic amines is 1. The third kappa shape index (κ3) is 3.90. The molecule has 1 aliphatic carbocycles. The molecular weight excluding hydrogens is 520 g/mol. The summed E-state index contributed by atoms with van der Waals surface area (Å²) in [6, 6.07) is 23.6. The molecule has 0 saturated carbocycles. The summed E-state index contributed by atoms with van der Waals surface area (Å²) in [4.78, 5) is 22.5. The monoisotopic (exact) mass is 546 g/mol. The van der Waals surface area contributed by atoms with Crippen LogP contribution in [-0.4, -0.2) is 32.6 Å². The van der Waals surface area contributed by atoms with E-state index in [1.807, 2.05) is 77.6 Å². The van der Waals surface area contributed by atoms with Gasteiger partial charge in [0.2, 0.25) is 0 Å². The molecule has 7 heteroatoms. The second-order valence-electron chi connectivity index (χ2n) is 11.2. The number of aromatic nitrogens is 4. The van der Waals surface area contributed by atoms with Gasteiger partial charge in [0.1, 0.15) is 11.4 Å². The quantitative estimate of drug-likeness (QED) is 0.243. The summed E-state index contributed by atoms with van der Waals surface area (Å²) in [7, 11) is 1.65. The summed E-state index contributed by atoms with van der Waals surface area (Å²) in [5.41, 5.74) is 7.38. The molecule has 7 rings (SSSR count). The highest BCUT2D eigenvalue weighted by atomic mass is 35.5. The average molecular weight is 547 g/mol. The largest absolute Gasteiger partial charge is 0.497 e. The molecule has 1 aliphatic rings. The van der Waals surface area contributed by atoms with Crippen molar-refractivity contribution >= 4 is 39.3 Å². The zero-order valence-corrected chi connectivity index (χ0v) is 23.2. The predicted molar refractivity (Wildman–Crippen MR) is 160 cm³/mol. The van der Waals surface area contributed by atoms with E-state index in [-0.39, 0.29) is 11.2 Å². The van der Waals surface area contributed by atoms with E-state index in [0.717, 1.165) is 55.8 Å². The van der Waals surface area contributed by atoms with Crippen molar-refractivity contribution in [1.29, 1.82) is 0 Å². The Labute approximate surface area is 236 Å². The SMILES string of the molecule is COc1ccc(-c2c3c(nc4c2c(-c2c[nH]c5ccccc25)nn4-c2ccc(Cl)cc2)CC(C)(C)CC3=O)cc1. The Kier molecular flexibility index (Phi) is 5.58. The fourth-order valence-electron chi connectivity index (χ4n) is 5.93. The van der Waals surface area contributed by atoms with E-state index >= 15 is 0 Å². The van der Waals surface area contributed by atoms with Gasteiger partial charge in [0, 0.05) is 45.2 Å². The number of fused-ring (bicyclic) bond motifs is 3. The minimum atomic E-state index is -0.188. The van der Waals surface area contributed by atoms with E-state index < -0.39 is 0 Å². The van der Waals surface area contributed by atoms with Crippen LogP contribution in [0.3, 0.4) is 0 Å². The maximum Gasteiger partial charge on any atom is 0.165 e. The zero-order chi connectivity index (χ0) is 27.6. The Morgan fingerprint density at radius 2 is 1.70 bits per heavy atom. The van der Waals surface area contributed by atoms with Crippen LogP contribution in [0.4, 0.5) is 0 Å². The van der Waals surface area contributed by atoms with Gasteiger partial charge in [0.15, 0.2) is 11.4 Å². The maximum absolute atomic E-state index is 13.9. The van der Waals surface area contributed by atoms with Gasteiger partial charge < -0.3 is 9.72 Å². The molecule has 0 aliphatic heterocycles. The molecule has 0 spiro atoms. The Balaban J connectivity index is 1.64. The number of pyridine rings is 1. The number of H-pyrrole nitrogens is 1. The van der Waals surface area contributed by atoms with Gasteiger partial charge in [-0.05, 0) is 59.9 Å². The number of carbonyl (C=O) groups excluding carboxylic acids is 1.